The molecule has 13 heavy (non-hydrogen) atoms. The zero-order valence-electron chi connectivity index (χ0n) is 7.18. The molecule has 0 spiro atoms. The Bertz CT molecular complexity index is 255. The highest BCUT2D eigenvalue weighted by molar-refractivity contribution is 8.93. The average molecular weight is 303 g/mol. The van der Waals surface area contributed by atoms with Crippen molar-refractivity contribution in [2.45, 2.75) is 25.1 Å². The predicted molar refractivity (Wildman–Crippen MR) is 49.7 cm³/mol. The molecule has 0 fully saturated rings. The molecule has 0 atom stereocenters. The van der Waals surface area contributed by atoms with Crippen molar-refractivity contribution < 1.29 is 25.5 Å². The molecule has 0 aromatic carbocycles. The zero-order chi connectivity index (χ0) is 10.2. The van der Waals surface area contributed by atoms with Gasteiger partial charge in [0.2, 0.25) is 8.32 Å². The minimum atomic E-state index is -5.39. The fraction of sp³-hybridized carbons (Fsp3) is 1.00. The maximum absolute atomic E-state index is 11.7. The second kappa shape index (κ2) is 4.28. The number of halogens is 4. The molecule has 82 valence electrons. The Labute approximate surface area is 86.3 Å². The van der Waals surface area contributed by atoms with Gasteiger partial charge in [-0.05, 0) is 19.6 Å². The fourth-order valence-electron chi connectivity index (χ4n) is 0.376. The van der Waals surface area contributed by atoms with Gasteiger partial charge in [0.05, 0.1) is 0 Å². The molecule has 0 aliphatic heterocycles. The molecule has 0 heterocycles. The molecule has 0 aliphatic rings. The summed E-state index contributed by atoms with van der Waals surface area (Å²) >= 11 is 0. The lowest BCUT2D eigenvalue weighted by molar-refractivity contribution is -0.0503. The van der Waals surface area contributed by atoms with Crippen molar-refractivity contribution in [2.24, 2.45) is 0 Å². The van der Waals surface area contributed by atoms with Crippen LogP contribution in [0.5, 0.6) is 0 Å². The fourth-order valence-corrected chi connectivity index (χ4v) is 3.39. The third kappa shape index (κ3) is 5.65. The van der Waals surface area contributed by atoms with Gasteiger partial charge in [-0.1, -0.05) is 0 Å². The van der Waals surface area contributed by atoms with Crippen LogP contribution in [0.1, 0.15) is 0 Å². The van der Waals surface area contributed by atoms with Gasteiger partial charge in [0.15, 0.2) is 0 Å². The molecule has 0 aliphatic carbocycles. The summed E-state index contributed by atoms with van der Waals surface area (Å²) in [6, 6.07) is 0. The van der Waals surface area contributed by atoms with Crippen LogP contribution in [-0.4, -0.2) is 22.2 Å². The molecule has 0 unspecified atom stereocenters. The lowest BCUT2D eigenvalue weighted by Crippen LogP contribution is -2.36. The first-order valence-electron chi connectivity index (χ1n) is 2.98. The Morgan fingerprint density at radius 2 is 1.46 bits per heavy atom. The Morgan fingerprint density at radius 1 is 1.15 bits per heavy atom. The van der Waals surface area contributed by atoms with Crippen LogP contribution in [0.25, 0.3) is 0 Å². The van der Waals surface area contributed by atoms with E-state index in [1.54, 1.807) is 0 Å². The molecule has 0 bridgehead atoms. The van der Waals surface area contributed by atoms with E-state index in [0.29, 0.717) is 0 Å². The van der Waals surface area contributed by atoms with Crippen molar-refractivity contribution >= 4 is 35.4 Å². The van der Waals surface area contributed by atoms with Crippen molar-refractivity contribution in [3.63, 3.8) is 0 Å². The molecule has 0 saturated heterocycles. The van der Waals surface area contributed by atoms with E-state index in [4.69, 9.17) is 0 Å². The van der Waals surface area contributed by atoms with E-state index in [-0.39, 0.29) is 17.0 Å². The van der Waals surface area contributed by atoms with Crippen molar-refractivity contribution in [3.8, 4) is 0 Å². The first-order chi connectivity index (χ1) is 4.96. The molecule has 0 rings (SSSR count). The van der Waals surface area contributed by atoms with Gasteiger partial charge >= 0.3 is 15.6 Å². The van der Waals surface area contributed by atoms with Crippen LogP contribution in [0.4, 0.5) is 13.2 Å². The van der Waals surface area contributed by atoms with Crippen LogP contribution in [0.2, 0.25) is 19.6 Å². The molecule has 0 radical (unpaired) electrons. The van der Waals surface area contributed by atoms with Crippen LogP contribution in [0.3, 0.4) is 0 Å². The van der Waals surface area contributed by atoms with Gasteiger partial charge in [-0.25, -0.2) is 0 Å². The van der Waals surface area contributed by atoms with Gasteiger partial charge in [0.1, 0.15) is 0 Å². The molecular weight excluding hydrogens is 293 g/mol. The summed E-state index contributed by atoms with van der Waals surface area (Å²) < 4.78 is 59.7. The van der Waals surface area contributed by atoms with Crippen LogP contribution in [-0.2, 0) is 14.0 Å². The minimum absolute atomic E-state index is 0. The van der Waals surface area contributed by atoms with E-state index >= 15 is 0 Å². The van der Waals surface area contributed by atoms with Gasteiger partial charge in [-0.15, -0.1) is 17.0 Å². The van der Waals surface area contributed by atoms with Crippen molar-refractivity contribution in [3.05, 3.63) is 0 Å². The molecule has 0 N–H and O–H groups in total. The quantitative estimate of drug-likeness (QED) is 0.580. The lowest BCUT2D eigenvalue weighted by Gasteiger charge is -2.17. The molecule has 0 aromatic heterocycles. The summed E-state index contributed by atoms with van der Waals surface area (Å²) in [5.74, 6) is 0. The maximum Gasteiger partial charge on any atom is 0.522 e. The Hall–Kier alpha value is 0.397. The normalized spacial score (nSPS) is 13.7. The SMILES string of the molecule is Br.C[Si](C)(C)OS(=O)(=O)C(F)(F)F. The van der Waals surface area contributed by atoms with Crippen LogP contribution >= 0.6 is 17.0 Å². The third-order valence-electron chi connectivity index (χ3n) is 0.643. The lowest BCUT2D eigenvalue weighted by atomic mass is 11.6. The topological polar surface area (TPSA) is 43.4 Å². The number of hydrogen-bond acceptors (Lipinski definition) is 3. The van der Waals surface area contributed by atoms with Crippen molar-refractivity contribution in [1.29, 1.82) is 0 Å². The Kier molecular flexibility index (Phi) is 5.22. The standard InChI is InChI=1S/C4H9F3O3SSi.BrH/c1-12(2,3)10-11(8,9)4(5,6)7;/h1-3H3;1H. The summed E-state index contributed by atoms with van der Waals surface area (Å²) in [6.07, 6.45) is 0. The summed E-state index contributed by atoms with van der Waals surface area (Å²) in [4.78, 5) is 0. The molecule has 0 amide bonds. The van der Waals surface area contributed by atoms with Crippen LogP contribution in [0.15, 0.2) is 0 Å². The summed E-state index contributed by atoms with van der Waals surface area (Å²) in [5, 5.41) is 0. The maximum atomic E-state index is 11.7. The van der Waals surface area contributed by atoms with E-state index in [9.17, 15) is 21.6 Å². The molecule has 9 heteroatoms. The Morgan fingerprint density at radius 3 is 1.54 bits per heavy atom. The smallest absolute Gasteiger partial charge is 0.309 e. The zero-order valence-corrected chi connectivity index (χ0v) is 10.7. The van der Waals surface area contributed by atoms with Crippen LogP contribution < -0.4 is 0 Å². The third-order valence-corrected chi connectivity index (χ3v) is 4.09. The van der Waals surface area contributed by atoms with Gasteiger partial charge in [-0.2, -0.15) is 21.6 Å². The van der Waals surface area contributed by atoms with Crippen molar-refractivity contribution in [2.75, 3.05) is 0 Å². The number of hydrogen-bond donors (Lipinski definition) is 0. The first kappa shape index (κ1) is 15.9. The van der Waals surface area contributed by atoms with Gasteiger partial charge in [-0.3, -0.25) is 0 Å². The monoisotopic (exact) mass is 302 g/mol. The van der Waals surface area contributed by atoms with E-state index in [1.807, 2.05) is 0 Å². The van der Waals surface area contributed by atoms with Crippen LogP contribution in [0, 0.1) is 0 Å². The highest BCUT2D eigenvalue weighted by Crippen LogP contribution is 2.27. The highest BCUT2D eigenvalue weighted by atomic mass is 79.9. The largest absolute Gasteiger partial charge is 0.522 e. The predicted octanol–water partition coefficient (Wildman–Crippen LogP) is 2.27. The van der Waals surface area contributed by atoms with E-state index in [1.165, 1.54) is 19.6 Å². The summed E-state index contributed by atoms with van der Waals surface area (Å²) in [7, 11) is -8.10. The van der Waals surface area contributed by atoms with Gasteiger partial charge < -0.3 is 3.87 Å². The number of rotatable bonds is 2. The number of alkyl halides is 3. The van der Waals surface area contributed by atoms with Crippen molar-refractivity contribution in [1.82, 2.24) is 0 Å². The minimum Gasteiger partial charge on any atom is -0.309 e. The average Bonchev–Trinajstić information content (AvgIpc) is 1.52. The van der Waals surface area contributed by atoms with E-state index in [2.05, 4.69) is 3.87 Å². The molecule has 0 saturated carbocycles. The molecule has 3 nitrogen and oxygen atoms in total. The highest BCUT2D eigenvalue weighted by Gasteiger charge is 2.49. The van der Waals surface area contributed by atoms with E-state index in [0.717, 1.165) is 0 Å². The van der Waals surface area contributed by atoms with Gasteiger partial charge in [0.25, 0.3) is 0 Å². The van der Waals surface area contributed by atoms with E-state index < -0.39 is 23.9 Å². The molecular formula is C4H10BrF3O3SSi. The Balaban J connectivity index is 0. The first-order valence-corrected chi connectivity index (χ1v) is 7.79. The molecule has 0 aromatic rings. The second-order valence-corrected chi connectivity index (χ2v) is 9.36. The summed E-state index contributed by atoms with van der Waals surface area (Å²) in [6.45, 7) is 4.07. The second-order valence-electron chi connectivity index (χ2n) is 3.10. The van der Waals surface area contributed by atoms with Gasteiger partial charge in [0, 0.05) is 0 Å². The summed E-state index contributed by atoms with van der Waals surface area (Å²) in [5.41, 5.74) is -5.31.